The number of hydrogen-bond donors (Lipinski definition) is 2. The van der Waals surface area contributed by atoms with Gasteiger partial charge in [-0.25, -0.2) is 9.97 Å². The quantitative estimate of drug-likeness (QED) is 0.389. The topological polar surface area (TPSA) is 128 Å². The Labute approximate surface area is 213 Å². The molecule has 188 valence electrons. The molecule has 0 unspecified atom stereocenters. The van der Waals surface area contributed by atoms with Gasteiger partial charge in [0.25, 0.3) is 5.91 Å². The minimum absolute atomic E-state index is 0.0759. The number of hydrogen-bond acceptors (Lipinski definition) is 7. The maximum Gasteiger partial charge on any atom is 0.256 e. The average molecular weight is 498 g/mol. The Bertz CT molecular complexity index is 1470. The zero-order valence-corrected chi connectivity index (χ0v) is 20.4. The lowest BCUT2D eigenvalue weighted by molar-refractivity contribution is -0.127. The molecule has 1 atom stereocenters. The Morgan fingerprint density at radius 3 is 2.70 bits per heavy atom. The van der Waals surface area contributed by atoms with Crippen molar-refractivity contribution in [3.05, 3.63) is 73.1 Å². The van der Waals surface area contributed by atoms with Crippen LogP contribution in [0.15, 0.2) is 67.5 Å². The maximum absolute atomic E-state index is 12.7. The Morgan fingerprint density at radius 2 is 2.00 bits per heavy atom. The normalized spacial score (nSPS) is 15.4. The molecule has 0 saturated carbocycles. The lowest BCUT2D eigenvalue weighted by Crippen LogP contribution is -2.40. The van der Waals surface area contributed by atoms with Crippen LogP contribution in [0.1, 0.15) is 29.2 Å². The summed E-state index contributed by atoms with van der Waals surface area (Å²) in [4.78, 5) is 35.2. The molecule has 4 aromatic rings. The van der Waals surface area contributed by atoms with Crippen molar-refractivity contribution in [1.82, 2.24) is 24.6 Å². The molecular weight excluding hydrogens is 470 g/mol. The van der Waals surface area contributed by atoms with Crippen molar-refractivity contribution in [1.29, 1.82) is 0 Å². The van der Waals surface area contributed by atoms with E-state index in [9.17, 15) is 9.59 Å². The average Bonchev–Trinajstić information content (AvgIpc) is 3.35. The molecule has 4 heterocycles. The van der Waals surface area contributed by atoms with Crippen molar-refractivity contribution in [2.45, 2.75) is 18.9 Å². The number of methoxy groups -OCH3 is 1. The summed E-state index contributed by atoms with van der Waals surface area (Å²) in [6.07, 6.45) is 6.22. The molecule has 2 amide bonds. The first-order chi connectivity index (χ1) is 18.0. The van der Waals surface area contributed by atoms with Crippen LogP contribution in [0.2, 0.25) is 0 Å². The van der Waals surface area contributed by atoms with Gasteiger partial charge in [-0.05, 0) is 43.2 Å². The molecular formula is C27H27N7O3. The monoisotopic (exact) mass is 497 g/mol. The SMILES string of the molecule is C=CC(=O)N1CCC[C@@H](n2nc(-c3ccc(C(=O)Nc4ccccn4)cc3)c3c(N)ncc(OC)c32)C1. The molecule has 37 heavy (non-hydrogen) atoms. The summed E-state index contributed by atoms with van der Waals surface area (Å²) in [6, 6.07) is 12.3. The zero-order chi connectivity index (χ0) is 25.9. The highest BCUT2D eigenvalue weighted by Gasteiger charge is 2.29. The van der Waals surface area contributed by atoms with Gasteiger partial charge in [-0.3, -0.25) is 14.3 Å². The molecule has 1 aliphatic heterocycles. The largest absolute Gasteiger partial charge is 0.493 e. The van der Waals surface area contributed by atoms with Crippen molar-refractivity contribution in [3.63, 3.8) is 0 Å². The summed E-state index contributed by atoms with van der Waals surface area (Å²) >= 11 is 0. The number of fused-ring (bicyclic) bond motifs is 1. The molecule has 10 heteroatoms. The van der Waals surface area contributed by atoms with Gasteiger partial charge in [0.1, 0.15) is 22.8 Å². The van der Waals surface area contributed by atoms with E-state index in [0.29, 0.717) is 47.1 Å². The van der Waals surface area contributed by atoms with Crippen LogP contribution >= 0.6 is 0 Å². The number of ether oxygens (including phenoxy) is 1. The third kappa shape index (κ3) is 4.61. The van der Waals surface area contributed by atoms with Crippen LogP contribution in [0.25, 0.3) is 22.2 Å². The Morgan fingerprint density at radius 1 is 1.19 bits per heavy atom. The van der Waals surface area contributed by atoms with Crippen molar-refractivity contribution >= 4 is 34.4 Å². The van der Waals surface area contributed by atoms with Crippen LogP contribution in [-0.4, -0.2) is 56.7 Å². The van der Waals surface area contributed by atoms with E-state index >= 15 is 0 Å². The number of nitrogen functional groups attached to an aromatic ring is 1. The zero-order valence-electron chi connectivity index (χ0n) is 20.4. The Hall–Kier alpha value is -4.73. The first-order valence-electron chi connectivity index (χ1n) is 11.9. The van der Waals surface area contributed by atoms with Gasteiger partial charge in [0, 0.05) is 30.4 Å². The highest BCUT2D eigenvalue weighted by molar-refractivity contribution is 6.05. The van der Waals surface area contributed by atoms with Crippen molar-refractivity contribution < 1.29 is 14.3 Å². The molecule has 0 aliphatic carbocycles. The molecule has 5 rings (SSSR count). The number of anilines is 2. The Kier molecular flexibility index (Phi) is 6.55. The minimum atomic E-state index is -0.266. The molecule has 3 aromatic heterocycles. The number of rotatable bonds is 6. The molecule has 3 N–H and O–H groups in total. The number of amides is 2. The summed E-state index contributed by atoms with van der Waals surface area (Å²) in [5, 5.41) is 8.40. The molecule has 1 aromatic carbocycles. The van der Waals surface area contributed by atoms with E-state index in [1.165, 1.54) is 6.08 Å². The van der Waals surface area contributed by atoms with E-state index in [1.54, 1.807) is 54.7 Å². The van der Waals surface area contributed by atoms with E-state index in [-0.39, 0.29) is 17.9 Å². The number of carbonyl (C=O) groups excluding carboxylic acids is 2. The number of carbonyl (C=O) groups is 2. The molecule has 1 saturated heterocycles. The number of likely N-dealkylation sites (tertiary alicyclic amines) is 1. The second-order valence-electron chi connectivity index (χ2n) is 8.76. The van der Waals surface area contributed by atoms with Gasteiger partial charge in [0.2, 0.25) is 5.91 Å². The number of benzene rings is 1. The molecule has 1 aliphatic rings. The van der Waals surface area contributed by atoms with Crippen molar-refractivity contribution in [2.24, 2.45) is 0 Å². The number of pyridine rings is 2. The number of nitrogens with zero attached hydrogens (tertiary/aromatic N) is 5. The number of piperidine rings is 1. The van der Waals surface area contributed by atoms with E-state index in [2.05, 4.69) is 21.9 Å². The van der Waals surface area contributed by atoms with E-state index in [0.717, 1.165) is 23.9 Å². The second-order valence-corrected chi connectivity index (χ2v) is 8.76. The van der Waals surface area contributed by atoms with Crippen LogP contribution < -0.4 is 15.8 Å². The lowest BCUT2D eigenvalue weighted by Gasteiger charge is -2.32. The van der Waals surface area contributed by atoms with E-state index in [1.807, 2.05) is 16.8 Å². The smallest absolute Gasteiger partial charge is 0.256 e. The maximum atomic E-state index is 12.7. The van der Waals surface area contributed by atoms with Crippen LogP contribution in [0, 0.1) is 0 Å². The van der Waals surface area contributed by atoms with Gasteiger partial charge in [-0.2, -0.15) is 5.10 Å². The molecule has 1 fully saturated rings. The summed E-state index contributed by atoms with van der Waals surface area (Å²) in [6.45, 7) is 4.79. The first kappa shape index (κ1) is 24.0. The molecule has 0 bridgehead atoms. The lowest BCUT2D eigenvalue weighted by atomic mass is 10.0. The van der Waals surface area contributed by atoms with E-state index in [4.69, 9.17) is 15.6 Å². The molecule has 0 spiro atoms. The summed E-state index contributed by atoms with van der Waals surface area (Å²) in [7, 11) is 1.58. The van der Waals surface area contributed by atoms with Crippen LogP contribution in [-0.2, 0) is 4.79 Å². The predicted molar refractivity (Wildman–Crippen MR) is 141 cm³/mol. The summed E-state index contributed by atoms with van der Waals surface area (Å²) in [5.74, 6) is 0.973. The fourth-order valence-corrected chi connectivity index (χ4v) is 4.67. The van der Waals surface area contributed by atoms with Gasteiger partial charge in [0.15, 0.2) is 5.75 Å². The third-order valence-corrected chi connectivity index (χ3v) is 6.50. The van der Waals surface area contributed by atoms with E-state index < -0.39 is 0 Å². The van der Waals surface area contributed by atoms with Gasteiger partial charge in [-0.15, -0.1) is 0 Å². The van der Waals surface area contributed by atoms with Crippen LogP contribution in [0.3, 0.4) is 0 Å². The minimum Gasteiger partial charge on any atom is -0.493 e. The highest BCUT2D eigenvalue weighted by Crippen LogP contribution is 2.39. The van der Waals surface area contributed by atoms with Crippen molar-refractivity contribution in [2.75, 3.05) is 31.2 Å². The fourth-order valence-electron chi connectivity index (χ4n) is 4.67. The van der Waals surface area contributed by atoms with Gasteiger partial charge in [0.05, 0.1) is 24.7 Å². The number of nitrogens with two attached hydrogens (primary N) is 1. The van der Waals surface area contributed by atoms with Gasteiger partial charge < -0.3 is 20.7 Å². The second kappa shape index (κ2) is 10.1. The van der Waals surface area contributed by atoms with Gasteiger partial charge in [-0.1, -0.05) is 24.8 Å². The van der Waals surface area contributed by atoms with Crippen LogP contribution in [0.4, 0.5) is 11.6 Å². The van der Waals surface area contributed by atoms with Crippen LogP contribution in [0.5, 0.6) is 5.75 Å². The Balaban J connectivity index is 1.53. The molecule has 10 nitrogen and oxygen atoms in total. The third-order valence-electron chi connectivity index (χ3n) is 6.50. The van der Waals surface area contributed by atoms with Crippen molar-refractivity contribution in [3.8, 4) is 17.0 Å². The number of aromatic nitrogens is 4. The first-order valence-corrected chi connectivity index (χ1v) is 11.9. The molecule has 0 radical (unpaired) electrons. The number of nitrogens with one attached hydrogen (secondary N) is 1. The fraction of sp³-hybridized carbons (Fsp3) is 0.222. The predicted octanol–water partition coefficient (Wildman–Crippen LogP) is 3.69. The van der Waals surface area contributed by atoms with Gasteiger partial charge >= 0.3 is 0 Å². The summed E-state index contributed by atoms with van der Waals surface area (Å²) < 4.78 is 7.53. The summed E-state index contributed by atoms with van der Waals surface area (Å²) in [5.41, 5.74) is 8.95. The standard InChI is InChI=1S/C27H27N7O3/c1-3-22(35)33-14-6-7-19(16-33)34-25-20(37-2)15-30-26(28)23(25)24(32-34)17-9-11-18(12-10-17)27(36)31-21-8-4-5-13-29-21/h3-5,8-13,15,19H,1,6-7,14,16H2,2H3,(H2,28,30)(H,29,31,36)/t19-/m1/s1. The highest BCUT2D eigenvalue weighted by atomic mass is 16.5.